The van der Waals surface area contributed by atoms with Gasteiger partial charge in [0.2, 0.25) is 0 Å². The number of para-hydroxylation sites is 1. The molecule has 0 fully saturated rings. The summed E-state index contributed by atoms with van der Waals surface area (Å²) in [6, 6.07) is 31.7. The third-order valence-electron chi connectivity index (χ3n) is 9.14. The van der Waals surface area contributed by atoms with Crippen LogP contribution in [-0.4, -0.2) is 24.6 Å². The van der Waals surface area contributed by atoms with Gasteiger partial charge in [-0.15, -0.1) is 0 Å². The lowest BCUT2D eigenvalue weighted by Crippen LogP contribution is -2.11. The fraction of sp³-hybridized carbons (Fsp3) is 0.214. The number of nitrogens with zero attached hydrogens (tertiary/aromatic N) is 4. The molecule has 7 rings (SSSR count). The third-order valence-corrected chi connectivity index (χ3v) is 9.14. The second-order valence-electron chi connectivity index (χ2n) is 14.5. The predicted octanol–water partition coefficient (Wildman–Crippen LogP) is 10.5. The molecule has 7 aromatic rings. The molecule has 4 aromatic carbocycles. The number of aromatic nitrogens is 4. The van der Waals surface area contributed by atoms with E-state index in [1.165, 1.54) is 5.56 Å². The summed E-state index contributed by atoms with van der Waals surface area (Å²) < 4.78 is 2.09. The van der Waals surface area contributed by atoms with E-state index in [4.69, 9.17) is 9.97 Å². The number of pyridine rings is 2. The van der Waals surface area contributed by atoms with Gasteiger partial charge >= 0.3 is 0 Å². The van der Waals surface area contributed by atoms with Gasteiger partial charge in [0.05, 0.1) is 22.1 Å². The third kappa shape index (κ3) is 5.56. The minimum absolute atomic E-state index is 0.0602. The SMILES string of the molecule is Cn1c(-c2cc(C(C)(C)C)ccc2O)nc2c(-c3cc(-c4cc(-c5cccnc5)cc5cccnc45)cc(C(C)(C)C)c3)cccc21. The Bertz CT molecular complexity index is 2290. The van der Waals surface area contributed by atoms with Crippen LogP contribution in [0.2, 0.25) is 0 Å². The average molecular weight is 617 g/mol. The van der Waals surface area contributed by atoms with Crippen molar-refractivity contribution in [3.63, 3.8) is 0 Å². The highest BCUT2D eigenvalue weighted by atomic mass is 16.3. The predicted molar refractivity (Wildman–Crippen MR) is 195 cm³/mol. The molecular weight excluding hydrogens is 576 g/mol. The number of fused-ring (bicyclic) bond motifs is 2. The van der Waals surface area contributed by atoms with Crippen molar-refractivity contribution in [3.8, 4) is 50.5 Å². The summed E-state index contributed by atoms with van der Waals surface area (Å²) in [5, 5.41) is 12.1. The van der Waals surface area contributed by atoms with Crippen LogP contribution in [0.5, 0.6) is 5.75 Å². The van der Waals surface area contributed by atoms with Gasteiger partial charge in [-0.25, -0.2) is 4.98 Å². The number of aryl methyl sites for hydroxylation is 1. The van der Waals surface area contributed by atoms with Crippen molar-refractivity contribution in [2.45, 2.75) is 52.4 Å². The molecule has 0 atom stereocenters. The van der Waals surface area contributed by atoms with E-state index in [-0.39, 0.29) is 16.6 Å². The van der Waals surface area contributed by atoms with E-state index in [0.29, 0.717) is 0 Å². The van der Waals surface area contributed by atoms with Gasteiger partial charge < -0.3 is 9.67 Å². The van der Waals surface area contributed by atoms with Crippen LogP contribution in [0.1, 0.15) is 52.7 Å². The molecule has 5 nitrogen and oxygen atoms in total. The molecule has 0 aliphatic heterocycles. The van der Waals surface area contributed by atoms with Crippen LogP contribution in [0.4, 0.5) is 0 Å². The van der Waals surface area contributed by atoms with Crippen LogP contribution in [0, 0.1) is 0 Å². The van der Waals surface area contributed by atoms with E-state index >= 15 is 0 Å². The van der Waals surface area contributed by atoms with Crippen molar-refractivity contribution in [2.24, 2.45) is 7.05 Å². The Balaban J connectivity index is 1.47. The van der Waals surface area contributed by atoms with Gasteiger partial charge in [-0.3, -0.25) is 9.97 Å². The zero-order valence-corrected chi connectivity index (χ0v) is 28.1. The van der Waals surface area contributed by atoms with Crippen LogP contribution in [0.25, 0.3) is 66.7 Å². The summed E-state index contributed by atoms with van der Waals surface area (Å²) in [4.78, 5) is 14.5. The maximum Gasteiger partial charge on any atom is 0.144 e. The van der Waals surface area contributed by atoms with Crippen molar-refractivity contribution in [3.05, 3.63) is 121 Å². The van der Waals surface area contributed by atoms with Crippen LogP contribution in [0.15, 0.2) is 110 Å². The van der Waals surface area contributed by atoms with Crippen molar-refractivity contribution < 1.29 is 5.11 Å². The Labute approximate surface area is 276 Å². The van der Waals surface area contributed by atoms with Gasteiger partial charge in [-0.05, 0) is 87.2 Å². The molecule has 0 aliphatic carbocycles. The number of rotatable bonds is 4. The standard InChI is InChI=1S/C42H40N4O/c1-41(2,3)31-15-16-37(47)35(24-31)40-45-39-33(13-8-14-36(39)46(40)7)29-20-30(22-32(21-29)42(4,5)6)34-23-28(27-12-9-17-43-25-27)19-26-11-10-18-44-38(26)34/h8-25,47H,1-7H3. The van der Waals surface area contributed by atoms with Gasteiger partial charge in [-0.1, -0.05) is 84.0 Å². The summed E-state index contributed by atoms with van der Waals surface area (Å²) in [5.41, 5.74) is 12.3. The zero-order valence-electron chi connectivity index (χ0n) is 28.1. The maximum atomic E-state index is 11.0. The van der Waals surface area contributed by atoms with Crippen LogP contribution in [0.3, 0.4) is 0 Å². The second-order valence-corrected chi connectivity index (χ2v) is 14.5. The number of aromatic hydroxyl groups is 1. The van der Waals surface area contributed by atoms with E-state index in [0.717, 1.165) is 72.3 Å². The van der Waals surface area contributed by atoms with Gasteiger partial charge in [0.1, 0.15) is 11.6 Å². The minimum atomic E-state index is -0.0999. The van der Waals surface area contributed by atoms with Gasteiger partial charge in [0.15, 0.2) is 0 Å². The maximum absolute atomic E-state index is 11.0. The lowest BCUT2D eigenvalue weighted by molar-refractivity contribution is 0.475. The Kier molecular flexibility index (Phi) is 7.24. The molecule has 0 saturated carbocycles. The number of hydrogen-bond acceptors (Lipinski definition) is 4. The smallest absolute Gasteiger partial charge is 0.144 e. The van der Waals surface area contributed by atoms with Gasteiger partial charge in [-0.2, -0.15) is 0 Å². The lowest BCUT2D eigenvalue weighted by atomic mass is 9.82. The zero-order chi connectivity index (χ0) is 33.1. The topological polar surface area (TPSA) is 63.8 Å². The highest BCUT2D eigenvalue weighted by Gasteiger charge is 2.22. The van der Waals surface area contributed by atoms with Gasteiger partial charge in [0.25, 0.3) is 0 Å². The largest absolute Gasteiger partial charge is 0.507 e. The highest BCUT2D eigenvalue weighted by molar-refractivity contribution is 6.00. The van der Waals surface area contributed by atoms with Crippen molar-refractivity contribution in [1.82, 2.24) is 19.5 Å². The summed E-state index contributed by atoms with van der Waals surface area (Å²) >= 11 is 0. The molecule has 47 heavy (non-hydrogen) atoms. The van der Waals surface area contributed by atoms with Crippen LogP contribution < -0.4 is 0 Å². The Morgan fingerprint density at radius 2 is 1.34 bits per heavy atom. The molecule has 3 heterocycles. The molecule has 0 amide bonds. The molecule has 0 aliphatic rings. The fourth-order valence-corrected chi connectivity index (χ4v) is 6.35. The monoisotopic (exact) mass is 616 g/mol. The van der Waals surface area contributed by atoms with Crippen LogP contribution >= 0.6 is 0 Å². The molecule has 5 heteroatoms. The summed E-state index contributed by atoms with van der Waals surface area (Å²) in [6.07, 6.45) is 5.58. The van der Waals surface area contributed by atoms with E-state index in [1.807, 2.05) is 37.6 Å². The Morgan fingerprint density at radius 3 is 2.06 bits per heavy atom. The molecule has 0 radical (unpaired) electrons. The summed E-state index contributed by atoms with van der Waals surface area (Å²) in [5.74, 6) is 0.963. The summed E-state index contributed by atoms with van der Waals surface area (Å²) in [6.45, 7) is 13.3. The molecule has 0 unspecified atom stereocenters. The number of phenols is 1. The van der Waals surface area contributed by atoms with Crippen molar-refractivity contribution >= 4 is 21.9 Å². The van der Waals surface area contributed by atoms with E-state index < -0.39 is 0 Å². The first kappa shape index (κ1) is 30.4. The van der Waals surface area contributed by atoms with E-state index in [2.05, 4.69) is 118 Å². The quantitative estimate of drug-likeness (QED) is 0.214. The molecule has 0 spiro atoms. The Morgan fingerprint density at radius 1 is 0.596 bits per heavy atom. The first-order valence-electron chi connectivity index (χ1n) is 16.1. The molecule has 1 N–H and O–H groups in total. The first-order valence-corrected chi connectivity index (χ1v) is 16.1. The lowest BCUT2D eigenvalue weighted by Gasteiger charge is -2.22. The Hall–Kier alpha value is -5.29. The molecule has 0 saturated heterocycles. The summed E-state index contributed by atoms with van der Waals surface area (Å²) in [7, 11) is 2.02. The second kappa shape index (κ2) is 11.2. The fourth-order valence-electron chi connectivity index (χ4n) is 6.35. The van der Waals surface area contributed by atoms with Crippen molar-refractivity contribution in [1.29, 1.82) is 0 Å². The van der Waals surface area contributed by atoms with Crippen LogP contribution in [-0.2, 0) is 17.9 Å². The first-order chi connectivity index (χ1) is 22.4. The number of phenolic OH excluding ortho intramolecular Hbond substituents is 1. The number of benzene rings is 4. The minimum Gasteiger partial charge on any atom is -0.507 e. The molecular formula is C42H40N4O. The van der Waals surface area contributed by atoms with E-state index in [9.17, 15) is 5.11 Å². The average Bonchev–Trinajstić information content (AvgIpc) is 3.39. The molecule has 234 valence electrons. The molecule has 3 aromatic heterocycles. The number of imidazole rings is 1. The highest BCUT2D eigenvalue weighted by Crippen LogP contribution is 2.41. The van der Waals surface area contributed by atoms with E-state index in [1.54, 1.807) is 12.3 Å². The normalized spacial score (nSPS) is 12.2. The molecule has 0 bridgehead atoms. The number of hydrogen-bond donors (Lipinski definition) is 1. The van der Waals surface area contributed by atoms with Gasteiger partial charge in [0, 0.05) is 47.7 Å². The van der Waals surface area contributed by atoms with Crippen molar-refractivity contribution in [2.75, 3.05) is 0 Å².